The van der Waals surface area contributed by atoms with E-state index in [0.29, 0.717) is 5.25 Å². The highest BCUT2D eigenvalue weighted by atomic mass is 32.2. The van der Waals surface area contributed by atoms with E-state index in [-0.39, 0.29) is 0 Å². The lowest BCUT2D eigenvalue weighted by Crippen LogP contribution is -2.29. The van der Waals surface area contributed by atoms with Gasteiger partial charge in [0.2, 0.25) is 0 Å². The van der Waals surface area contributed by atoms with Gasteiger partial charge in [-0.05, 0) is 45.8 Å². The van der Waals surface area contributed by atoms with Gasteiger partial charge in [0.05, 0.1) is 0 Å². The average Bonchev–Trinajstić information content (AvgIpc) is 2.17. The Kier molecular flexibility index (Phi) is 3.59. The molecule has 0 atom stereocenters. The number of rotatable bonds is 2. The standard InChI is InChI=1S/C11H17N3S/c1-8-7-9(2)14-11(13-8)15-10-3-5-12-6-4-10/h7,10,12H,3-6H2,1-2H3. The quantitative estimate of drug-likeness (QED) is 0.778. The molecule has 0 aliphatic carbocycles. The first-order chi connectivity index (χ1) is 7.24. The minimum Gasteiger partial charge on any atom is -0.317 e. The molecule has 2 heterocycles. The van der Waals surface area contributed by atoms with E-state index in [1.165, 1.54) is 12.8 Å². The number of hydrogen-bond acceptors (Lipinski definition) is 4. The van der Waals surface area contributed by atoms with Crippen molar-refractivity contribution in [3.8, 4) is 0 Å². The molecule has 0 aromatic carbocycles. The summed E-state index contributed by atoms with van der Waals surface area (Å²) < 4.78 is 0. The van der Waals surface area contributed by atoms with Crippen LogP contribution in [0.25, 0.3) is 0 Å². The number of nitrogens with one attached hydrogen (secondary N) is 1. The third kappa shape index (κ3) is 3.18. The van der Waals surface area contributed by atoms with E-state index in [4.69, 9.17) is 0 Å². The lowest BCUT2D eigenvalue weighted by molar-refractivity contribution is 0.530. The average molecular weight is 223 g/mol. The summed E-state index contributed by atoms with van der Waals surface area (Å²) in [6.45, 7) is 6.31. The number of hydrogen-bond donors (Lipinski definition) is 1. The predicted octanol–water partition coefficient (Wildman–Crippen LogP) is 1.94. The third-order valence-electron chi connectivity index (χ3n) is 2.52. The van der Waals surface area contributed by atoms with Gasteiger partial charge in [-0.15, -0.1) is 0 Å². The van der Waals surface area contributed by atoms with Crippen molar-refractivity contribution in [3.05, 3.63) is 17.5 Å². The van der Waals surface area contributed by atoms with Crippen LogP contribution in [0.2, 0.25) is 0 Å². The number of nitrogens with zero attached hydrogens (tertiary/aromatic N) is 2. The molecule has 82 valence electrons. The minimum absolute atomic E-state index is 0.687. The number of piperidine rings is 1. The SMILES string of the molecule is Cc1cc(C)nc(SC2CCNCC2)n1. The van der Waals surface area contributed by atoms with Crippen molar-refractivity contribution in [2.45, 2.75) is 37.1 Å². The number of aromatic nitrogens is 2. The molecule has 1 aromatic heterocycles. The van der Waals surface area contributed by atoms with Crippen LogP contribution in [-0.2, 0) is 0 Å². The van der Waals surface area contributed by atoms with Crippen molar-refractivity contribution in [2.24, 2.45) is 0 Å². The van der Waals surface area contributed by atoms with Gasteiger partial charge in [0.15, 0.2) is 5.16 Å². The van der Waals surface area contributed by atoms with Gasteiger partial charge in [-0.1, -0.05) is 11.8 Å². The molecule has 2 rings (SSSR count). The van der Waals surface area contributed by atoms with Gasteiger partial charge in [-0.2, -0.15) is 0 Å². The highest BCUT2D eigenvalue weighted by Crippen LogP contribution is 2.26. The molecule has 0 saturated carbocycles. The van der Waals surface area contributed by atoms with Crippen LogP contribution >= 0.6 is 11.8 Å². The van der Waals surface area contributed by atoms with Crippen LogP contribution in [0.5, 0.6) is 0 Å². The van der Waals surface area contributed by atoms with E-state index < -0.39 is 0 Å². The molecule has 15 heavy (non-hydrogen) atoms. The number of thioether (sulfide) groups is 1. The molecule has 0 bridgehead atoms. The normalized spacial score (nSPS) is 18.0. The van der Waals surface area contributed by atoms with E-state index in [9.17, 15) is 0 Å². The van der Waals surface area contributed by atoms with Crippen molar-refractivity contribution in [1.82, 2.24) is 15.3 Å². The predicted molar refractivity (Wildman–Crippen MR) is 63.3 cm³/mol. The first kappa shape index (κ1) is 10.9. The van der Waals surface area contributed by atoms with Crippen molar-refractivity contribution in [2.75, 3.05) is 13.1 Å². The molecule has 1 aliphatic heterocycles. The zero-order chi connectivity index (χ0) is 10.7. The Morgan fingerprint density at radius 2 is 1.80 bits per heavy atom. The van der Waals surface area contributed by atoms with Gasteiger partial charge in [0.25, 0.3) is 0 Å². The summed E-state index contributed by atoms with van der Waals surface area (Å²) in [6, 6.07) is 2.02. The monoisotopic (exact) mass is 223 g/mol. The van der Waals surface area contributed by atoms with Crippen molar-refractivity contribution >= 4 is 11.8 Å². The van der Waals surface area contributed by atoms with Crippen LogP contribution in [0, 0.1) is 13.8 Å². The summed E-state index contributed by atoms with van der Waals surface area (Å²) in [4.78, 5) is 8.92. The van der Waals surface area contributed by atoms with Gasteiger partial charge in [-0.25, -0.2) is 9.97 Å². The summed E-state index contributed by atoms with van der Waals surface area (Å²) in [6.07, 6.45) is 2.45. The summed E-state index contributed by atoms with van der Waals surface area (Å²) in [5.41, 5.74) is 2.14. The third-order valence-corrected chi connectivity index (χ3v) is 3.72. The van der Waals surface area contributed by atoms with Crippen molar-refractivity contribution in [3.63, 3.8) is 0 Å². The van der Waals surface area contributed by atoms with Gasteiger partial charge in [0, 0.05) is 16.6 Å². The lowest BCUT2D eigenvalue weighted by atomic mass is 10.2. The Hall–Kier alpha value is -0.610. The van der Waals surface area contributed by atoms with Gasteiger partial charge in [0.1, 0.15) is 0 Å². The maximum Gasteiger partial charge on any atom is 0.188 e. The van der Waals surface area contributed by atoms with Gasteiger partial charge >= 0.3 is 0 Å². The summed E-state index contributed by atoms with van der Waals surface area (Å²) in [7, 11) is 0. The molecule has 4 heteroatoms. The molecular weight excluding hydrogens is 206 g/mol. The van der Waals surface area contributed by atoms with E-state index in [2.05, 4.69) is 15.3 Å². The fourth-order valence-electron chi connectivity index (χ4n) is 1.81. The summed E-state index contributed by atoms with van der Waals surface area (Å²) in [5, 5.41) is 5.00. The van der Waals surface area contributed by atoms with Crippen molar-refractivity contribution in [1.29, 1.82) is 0 Å². The fourth-order valence-corrected chi connectivity index (χ4v) is 2.97. The van der Waals surface area contributed by atoms with Crippen LogP contribution in [0.3, 0.4) is 0 Å². The smallest absolute Gasteiger partial charge is 0.188 e. The van der Waals surface area contributed by atoms with Gasteiger partial charge < -0.3 is 5.32 Å². The first-order valence-electron chi connectivity index (χ1n) is 5.44. The maximum absolute atomic E-state index is 4.46. The van der Waals surface area contributed by atoms with Crippen LogP contribution in [0.4, 0.5) is 0 Å². The highest BCUT2D eigenvalue weighted by molar-refractivity contribution is 7.99. The Morgan fingerprint density at radius 1 is 1.20 bits per heavy atom. The van der Waals surface area contributed by atoms with Crippen LogP contribution in [-0.4, -0.2) is 28.3 Å². The molecule has 0 spiro atoms. The Morgan fingerprint density at radius 3 is 2.40 bits per heavy atom. The minimum atomic E-state index is 0.687. The molecule has 0 radical (unpaired) electrons. The molecule has 3 nitrogen and oxygen atoms in total. The molecular formula is C11H17N3S. The second-order valence-corrected chi connectivity index (χ2v) is 5.27. The Bertz CT molecular complexity index is 314. The second-order valence-electron chi connectivity index (χ2n) is 4.00. The summed E-state index contributed by atoms with van der Waals surface area (Å²) in [5.74, 6) is 0. The maximum atomic E-state index is 4.46. The first-order valence-corrected chi connectivity index (χ1v) is 6.31. The molecule has 0 unspecified atom stereocenters. The molecule has 1 N–H and O–H groups in total. The number of aryl methyl sites for hydroxylation is 2. The van der Waals surface area contributed by atoms with Crippen molar-refractivity contribution < 1.29 is 0 Å². The summed E-state index contributed by atoms with van der Waals surface area (Å²) >= 11 is 1.83. The van der Waals surface area contributed by atoms with E-state index in [1.807, 2.05) is 31.7 Å². The molecule has 0 amide bonds. The topological polar surface area (TPSA) is 37.8 Å². The second kappa shape index (κ2) is 4.94. The molecule has 1 aromatic rings. The Labute approximate surface area is 95.1 Å². The molecule has 1 saturated heterocycles. The van der Waals surface area contributed by atoms with E-state index in [1.54, 1.807) is 0 Å². The largest absolute Gasteiger partial charge is 0.317 e. The molecule has 1 fully saturated rings. The zero-order valence-electron chi connectivity index (χ0n) is 9.29. The van der Waals surface area contributed by atoms with E-state index in [0.717, 1.165) is 29.6 Å². The fraction of sp³-hybridized carbons (Fsp3) is 0.636. The van der Waals surface area contributed by atoms with Crippen LogP contribution < -0.4 is 5.32 Å². The van der Waals surface area contributed by atoms with Crippen LogP contribution in [0.15, 0.2) is 11.2 Å². The van der Waals surface area contributed by atoms with Gasteiger partial charge in [-0.3, -0.25) is 0 Å². The van der Waals surface area contributed by atoms with E-state index >= 15 is 0 Å². The Balaban J connectivity index is 2.02. The highest BCUT2D eigenvalue weighted by Gasteiger charge is 2.15. The molecule has 1 aliphatic rings. The van der Waals surface area contributed by atoms with Crippen LogP contribution in [0.1, 0.15) is 24.2 Å². The lowest BCUT2D eigenvalue weighted by Gasteiger charge is -2.21. The zero-order valence-corrected chi connectivity index (χ0v) is 10.1.